The zero-order chi connectivity index (χ0) is 17.1. The van der Waals surface area contributed by atoms with Crippen LogP contribution in [0.3, 0.4) is 0 Å². The minimum Gasteiger partial charge on any atom is -0.482 e. The van der Waals surface area contributed by atoms with Gasteiger partial charge in [0.1, 0.15) is 5.75 Å². The van der Waals surface area contributed by atoms with Crippen molar-refractivity contribution in [2.45, 2.75) is 52.0 Å². The van der Waals surface area contributed by atoms with Crippen LogP contribution in [0, 0.1) is 11.8 Å². The first-order chi connectivity index (χ1) is 11.5. The van der Waals surface area contributed by atoms with E-state index in [9.17, 15) is 9.59 Å². The fourth-order valence-electron chi connectivity index (χ4n) is 3.63. The first-order valence-corrected chi connectivity index (χ1v) is 8.90. The van der Waals surface area contributed by atoms with E-state index in [1.54, 1.807) is 18.2 Å². The van der Waals surface area contributed by atoms with Crippen LogP contribution in [0.2, 0.25) is 0 Å². The van der Waals surface area contributed by atoms with Crippen molar-refractivity contribution in [2.24, 2.45) is 11.8 Å². The molecule has 2 amide bonds. The second-order valence-electron chi connectivity index (χ2n) is 7.23. The molecule has 0 radical (unpaired) electrons. The molecule has 1 aliphatic carbocycles. The predicted octanol–water partition coefficient (Wildman–Crippen LogP) is 3.35. The first kappa shape index (κ1) is 16.8. The third-order valence-corrected chi connectivity index (χ3v) is 5.17. The van der Waals surface area contributed by atoms with Crippen molar-refractivity contribution in [2.75, 3.05) is 11.9 Å². The minimum atomic E-state index is -0.169. The molecule has 1 aromatic carbocycles. The Kier molecular flexibility index (Phi) is 5.07. The second kappa shape index (κ2) is 7.24. The highest BCUT2D eigenvalue weighted by molar-refractivity contribution is 5.99. The quantitative estimate of drug-likeness (QED) is 0.835. The fraction of sp³-hybridized carbons (Fsp3) is 0.579. The van der Waals surface area contributed by atoms with E-state index in [0.717, 1.165) is 18.8 Å². The van der Waals surface area contributed by atoms with Gasteiger partial charge in [-0.15, -0.1) is 0 Å². The van der Waals surface area contributed by atoms with Crippen LogP contribution in [0.25, 0.3) is 0 Å². The largest absolute Gasteiger partial charge is 0.482 e. The molecule has 2 atom stereocenters. The smallest absolute Gasteiger partial charge is 0.262 e. The summed E-state index contributed by atoms with van der Waals surface area (Å²) in [5.74, 6) is 1.81. The molecule has 2 aliphatic rings. The lowest BCUT2D eigenvalue weighted by molar-refractivity contribution is -0.118. The van der Waals surface area contributed by atoms with Gasteiger partial charge in [-0.05, 0) is 49.3 Å². The van der Waals surface area contributed by atoms with Gasteiger partial charge in [-0.3, -0.25) is 9.59 Å². The molecule has 1 aromatic rings. The van der Waals surface area contributed by atoms with Crippen LogP contribution < -0.4 is 15.4 Å². The summed E-state index contributed by atoms with van der Waals surface area (Å²) in [5.41, 5.74) is 1.20. The molecule has 24 heavy (non-hydrogen) atoms. The lowest BCUT2D eigenvalue weighted by Crippen LogP contribution is -2.34. The first-order valence-electron chi connectivity index (χ1n) is 8.90. The summed E-state index contributed by atoms with van der Waals surface area (Å²) in [6.45, 7) is 4.57. The van der Waals surface area contributed by atoms with Gasteiger partial charge in [0.2, 0.25) is 0 Å². The molecule has 130 valence electrons. The molecular weight excluding hydrogens is 304 g/mol. The molecule has 1 saturated carbocycles. The van der Waals surface area contributed by atoms with Gasteiger partial charge in [-0.1, -0.05) is 26.7 Å². The highest BCUT2D eigenvalue weighted by Gasteiger charge is 2.23. The maximum Gasteiger partial charge on any atom is 0.262 e. The number of fused-ring (bicyclic) bond motifs is 1. The minimum absolute atomic E-state index is 0.00269. The fourth-order valence-corrected chi connectivity index (χ4v) is 3.63. The van der Waals surface area contributed by atoms with Crippen LogP contribution in [0.4, 0.5) is 5.69 Å². The van der Waals surface area contributed by atoms with Crippen LogP contribution >= 0.6 is 0 Å². The number of carbonyl (C=O) groups is 2. The van der Waals surface area contributed by atoms with Crippen molar-refractivity contribution in [3.8, 4) is 5.75 Å². The maximum atomic E-state index is 12.5. The average Bonchev–Trinajstić information content (AvgIpc) is 2.80. The van der Waals surface area contributed by atoms with E-state index in [-0.39, 0.29) is 24.5 Å². The molecular formula is C19H26N2O3. The Morgan fingerprint density at radius 1 is 1.25 bits per heavy atom. The van der Waals surface area contributed by atoms with Crippen molar-refractivity contribution in [3.05, 3.63) is 23.8 Å². The molecule has 5 nitrogen and oxygen atoms in total. The van der Waals surface area contributed by atoms with Gasteiger partial charge in [0.25, 0.3) is 11.8 Å². The van der Waals surface area contributed by atoms with Gasteiger partial charge < -0.3 is 15.4 Å². The number of carbonyl (C=O) groups excluding carboxylic acids is 2. The molecule has 5 heteroatoms. The van der Waals surface area contributed by atoms with Crippen molar-refractivity contribution >= 4 is 17.5 Å². The Morgan fingerprint density at radius 3 is 2.88 bits per heavy atom. The number of anilines is 1. The Balaban J connectivity index is 1.62. The molecule has 2 N–H and O–H groups in total. The Morgan fingerprint density at radius 2 is 2.08 bits per heavy atom. The van der Waals surface area contributed by atoms with Gasteiger partial charge in [-0.25, -0.2) is 0 Å². The molecule has 0 unspecified atom stereocenters. The lowest BCUT2D eigenvalue weighted by Gasteiger charge is -2.20. The standard InChI is InChI=1S/C19H26N2O3/c1-12(2)13-4-3-5-15(8-6-13)20-19(23)14-7-9-16-17(10-14)24-11-18(22)21-16/h7,9-10,12-13,15H,3-6,8,11H2,1-2H3,(H,20,23)(H,21,22)/t13-,15+/m1/s1. The number of rotatable bonds is 3. The molecule has 0 saturated heterocycles. The highest BCUT2D eigenvalue weighted by atomic mass is 16.5. The number of amides is 2. The zero-order valence-electron chi connectivity index (χ0n) is 14.4. The SMILES string of the molecule is CC(C)[C@@H]1CCC[C@H](NC(=O)c2ccc3c(c2)OCC(=O)N3)CC1. The summed E-state index contributed by atoms with van der Waals surface area (Å²) in [6, 6.07) is 5.41. The normalized spacial score (nSPS) is 23.7. The van der Waals surface area contributed by atoms with Crippen LogP contribution in [0.5, 0.6) is 5.75 Å². The Labute approximate surface area is 143 Å². The van der Waals surface area contributed by atoms with Gasteiger partial charge >= 0.3 is 0 Å². The van der Waals surface area contributed by atoms with Crippen LogP contribution in [0.1, 0.15) is 56.3 Å². The van der Waals surface area contributed by atoms with Gasteiger partial charge in [-0.2, -0.15) is 0 Å². The third-order valence-electron chi connectivity index (χ3n) is 5.17. The number of ether oxygens (including phenoxy) is 1. The zero-order valence-corrected chi connectivity index (χ0v) is 14.4. The van der Waals surface area contributed by atoms with Gasteiger partial charge in [0, 0.05) is 11.6 Å². The van der Waals surface area contributed by atoms with Gasteiger partial charge in [0.15, 0.2) is 6.61 Å². The van der Waals surface area contributed by atoms with Crippen molar-refractivity contribution < 1.29 is 14.3 Å². The number of benzene rings is 1. The predicted molar refractivity (Wildman–Crippen MR) is 93.2 cm³/mol. The topological polar surface area (TPSA) is 67.4 Å². The van der Waals surface area contributed by atoms with Gasteiger partial charge in [0.05, 0.1) is 5.69 Å². The van der Waals surface area contributed by atoms with E-state index in [4.69, 9.17) is 4.74 Å². The average molecular weight is 330 g/mol. The lowest BCUT2D eigenvalue weighted by atomic mass is 9.89. The van der Waals surface area contributed by atoms with E-state index in [1.807, 2.05) is 0 Å². The van der Waals surface area contributed by atoms with Crippen LogP contribution in [0.15, 0.2) is 18.2 Å². The summed E-state index contributed by atoms with van der Waals surface area (Å²) in [5, 5.41) is 5.90. The monoisotopic (exact) mass is 330 g/mol. The molecule has 0 bridgehead atoms. The maximum absolute atomic E-state index is 12.5. The summed E-state index contributed by atoms with van der Waals surface area (Å²) >= 11 is 0. The van der Waals surface area contributed by atoms with Crippen LogP contribution in [-0.4, -0.2) is 24.5 Å². The summed E-state index contributed by atoms with van der Waals surface area (Å²) in [4.78, 5) is 23.8. The number of hydrogen-bond acceptors (Lipinski definition) is 3. The van der Waals surface area contributed by atoms with E-state index in [0.29, 0.717) is 22.9 Å². The Hall–Kier alpha value is -2.04. The van der Waals surface area contributed by atoms with Crippen molar-refractivity contribution in [1.82, 2.24) is 5.32 Å². The molecule has 1 fully saturated rings. The number of nitrogens with one attached hydrogen (secondary N) is 2. The Bertz CT molecular complexity index is 627. The second-order valence-corrected chi connectivity index (χ2v) is 7.23. The molecule has 1 aliphatic heterocycles. The highest BCUT2D eigenvalue weighted by Crippen LogP contribution is 2.30. The van der Waals surface area contributed by atoms with E-state index in [2.05, 4.69) is 24.5 Å². The number of hydrogen-bond donors (Lipinski definition) is 2. The third kappa shape index (κ3) is 3.89. The summed E-state index contributed by atoms with van der Waals surface area (Å²) in [7, 11) is 0. The molecule has 0 spiro atoms. The summed E-state index contributed by atoms with van der Waals surface area (Å²) in [6.07, 6.45) is 5.71. The van der Waals surface area contributed by atoms with E-state index >= 15 is 0 Å². The van der Waals surface area contributed by atoms with E-state index in [1.165, 1.54) is 19.3 Å². The summed E-state index contributed by atoms with van der Waals surface area (Å²) < 4.78 is 5.38. The van der Waals surface area contributed by atoms with E-state index < -0.39 is 0 Å². The molecule has 3 rings (SSSR count). The molecule has 1 heterocycles. The van der Waals surface area contributed by atoms with Crippen molar-refractivity contribution in [3.63, 3.8) is 0 Å². The molecule has 0 aromatic heterocycles. The van der Waals surface area contributed by atoms with Crippen LogP contribution in [-0.2, 0) is 4.79 Å². The van der Waals surface area contributed by atoms with Crippen molar-refractivity contribution in [1.29, 1.82) is 0 Å².